The fourth-order valence-electron chi connectivity index (χ4n) is 3.34. The number of anilines is 2. The minimum absolute atomic E-state index is 0.159. The molecule has 4 nitrogen and oxygen atoms in total. The molecule has 0 aliphatic carbocycles. The highest BCUT2D eigenvalue weighted by Crippen LogP contribution is 2.25. The van der Waals surface area contributed by atoms with Crippen LogP contribution in [-0.2, 0) is 11.2 Å². The van der Waals surface area contributed by atoms with Gasteiger partial charge < -0.3 is 15.5 Å². The van der Waals surface area contributed by atoms with E-state index in [1.54, 1.807) is 12.1 Å². The first kappa shape index (κ1) is 19.6. The smallest absolute Gasteiger partial charge is 0.230 e. The lowest BCUT2D eigenvalue weighted by molar-refractivity contribution is -0.119. The molecule has 3 rings (SSSR count). The molecule has 1 heterocycles. The van der Waals surface area contributed by atoms with E-state index < -0.39 is 0 Å². The maximum atomic E-state index is 12.1. The molecule has 1 fully saturated rings. The molecule has 142 valence electrons. The summed E-state index contributed by atoms with van der Waals surface area (Å²) in [6, 6.07) is 16.0. The summed E-state index contributed by atoms with van der Waals surface area (Å²) >= 11 is 11.1. The van der Waals surface area contributed by atoms with E-state index in [9.17, 15) is 4.79 Å². The lowest BCUT2D eigenvalue weighted by atomic mass is 10.0. The quantitative estimate of drug-likeness (QED) is 0.724. The van der Waals surface area contributed by atoms with Gasteiger partial charge in [-0.15, -0.1) is 0 Å². The summed E-state index contributed by atoms with van der Waals surface area (Å²) in [7, 11) is 0. The van der Waals surface area contributed by atoms with E-state index in [1.807, 2.05) is 24.3 Å². The Labute approximate surface area is 170 Å². The summed E-state index contributed by atoms with van der Waals surface area (Å²) in [5.74, 6) is -0.159. The first-order valence-corrected chi connectivity index (χ1v) is 10.0. The van der Waals surface area contributed by atoms with E-state index in [4.69, 9.17) is 23.8 Å². The van der Waals surface area contributed by atoms with Gasteiger partial charge in [0.25, 0.3) is 0 Å². The van der Waals surface area contributed by atoms with Crippen molar-refractivity contribution in [1.29, 1.82) is 0 Å². The van der Waals surface area contributed by atoms with Crippen molar-refractivity contribution in [3.05, 3.63) is 59.1 Å². The summed E-state index contributed by atoms with van der Waals surface area (Å²) in [5, 5.41) is 6.73. The van der Waals surface area contributed by atoms with Gasteiger partial charge in [0.15, 0.2) is 5.11 Å². The summed E-state index contributed by atoms with van der Waals surface area (Å²) in [5.41, 5.74) is 2.98. The number of piperidine rings is 1. The summed E-state index contributed by atoms with van der Waals surface area (Å²) in [6.45, 7) is 3.38. The molecule has 0 unspecified atom stereocenters. The van der Waals surface area contributed by atoms with Gasteiger partial charge in [0.2, 0.25) is 5.91 Å². The molecule has 0 aromatic heterocycles. The van der Waals surface area contributed by atoms with Gasteiger partial charge in [-0.25, -0.2) is 0 Å². The molecular formula is C21H24ClN3OS. The van der Waals surface area contributed by atoms with Crippen LogP contribution in [0, 0.1) is 0 Å². The molecule has 2 aromatic carbocycles. The predicted octanol–water partition coefficient (Wildman–Crippen LogP) is 4.77. The van der Waals surface area contributed by atoms with Crippen LogP contribution in [0.15, 0.2) is 48.5 Å². The maximum Gasteiger partial charge on any atom is 0.230 e. The Bertz CT molecular complexity index is 792. The zero-order valence-electron chi connectivity index (χ0n) is 15.4. The second-order valence-electron chi connectivity index (χ2n) is 6.89. The summed E-state index contributed by atoms with van der Waals surface area (Å²) in [6.07, 6.45) is 4.05. The van der Waals surface area contributed by atoms with Gasteiger partial charge in [-0.3, -0.25) is 4.79 Å². The molecule has 2 aromatic rings. The molecular weight excluding hydrogens is 378 g/mol. The van der Waals surface area contributed by atoms with E-state index in [0.717, 1.165) is 17.8 Å². The van der Waals surface area contributed by atoms with Crippen LogP contribution in [0.3, 0.4) is 0 Å². The van der Waals surface area contributed by atoms with Crippen molar-refractivity contribution >= 4 is 46.2 Å². The fourth-order valence-corrected chi connectivity index (χ4v) is 3.70. The van der Waals surface area contributed by atoms with Crippen molar-refractivity contribution in [2.75, 3.05) is 16.8 Å². The standard InChI is InChI=1S/C21H24ClN3OS/c1-15-4-2-3-13-25(15)19-11-9-18(10-12-19)23-21(27)24-20(26)14-16-5-7-17(22)8-6-16/h5-12,15H,2-4,13-14H2,1H3,(H2,23,24,26,27)/t15-/m0/s1. The molecule has 27 heavy (non-hydrogen) atoms. The molecule has 0 spiro atoms. The Morgan fingerprint density at radius 2 is 1.85 bits per heavy atom. The molecule has 1 amide bonds. The zero-order valence-corrected chi connectivity index (χ0v) is 16.9. The number of halogens is 1. The van der Waals surface area contributed by atoms with E-state index in [0.29, 0.717) is 16.2 Å². The summed E-state index contributed by atoms with van der Waals surface area (Å²) < 4.78 is 0. The Morgan fingerprint density at radius 3 is 2.52 bits per heavy atom. The Morgan fingerprint density at radius 1 is 1.15 bits per heavy atom. The Balaban J connectivity index is 1.51. The van der Waals surface area contributed by atoms with Gasteiger partial charge in [0, 0.05) is 29.0 Å². The first-order valence-electron chi connectivity index (χ1n) is 9.23. The number of hydrogen-bond acceptors (Lipinski definition) is 3. The van der Waals surface area contributed by atoms with Crippen LogP contribution in [0.4, 0.5) is 11.4 Å². The number of nitrogens with zero attached hydrogens (tertiary/aromatic N) is 1. The molecule has 0 saturated carbocycles. The van der Waals surface area contributed by atoms with Crippen molar-refractivity contribution < 1.29 is 4.79 Å². The van der Waals surface area contributed by atoms with Crippen molar-refractivity contribution in [2.45, 2.75) is 38.6 Å². The topological polar surface area (TPSA) is 44.4 Å². The highest BCUT2D eigenvalue weighted by Gasteiger charge is 2.18. The minimum atomic E-state index is -0.159. The number of nitrogens with one attached hydrogen (secondary N) is 2. The van der Waals surface area contributed by atoms with Crippen LogP contribution in [0.1, 0.15) is 31.7 Å². The molecule has 0 bridgehead atoms. The zero-order chi connectivity index (χ0) is 19.2. The molecule has 2 N–H and O–H groups in total. The van der Waals surface area contributed by atoms with Gasteiger partial charge in [-0.2, -0.15) is 0 Å². The molecule has 1 aliphatic heterocycles. The number of benzene rings is 2. The monoisotopic (exact) mass is 401 g/mol. The van der Waals surface area contributed by atoms with Crippen LogP contribution in [0.5, 0.6) is 0 Å². The van der Waals surface area contributed by atoms with Crippen LogP contribution in [0.2, 0.25) is 5.02 Å². The van der Waals surface area contributed by atoms with E-state index in [-0.39, 0.29) is 12.3 Å². The number of rotatable bonds is 4. The second-order valence-corrected chi connectivity index (χ2v) is 7.74. The third-order valence-electron chi connectivity index (χ3n) is 4.79. The van der Waals surface area contributed by atoms with Crippen LogP contribution >= 0.6 is 23.8 Å². The highest BCUT2D eigenvalue weighted by atomic mass is 35.5. The number of carbonyl (C=O) groups is 1. The molecule has 6 heteroatoms. The number of hydrogen-bond donors (Lipinski definition) is 2. The van der Waals surface area contributed by atoms with E-state index in [2.05, 4.69) is 34.6 Å². The van der Waals surface area contributed by atoms with E-state index in [1.165, 1.54) is 24.9 Å². The summed E-state index contributed by atoms with van der Waals surface area (Å²) in [4.78, 5) is 14.6. The number of thiocarbonyl (C=S) groups is 1. The number of amides is 1. The van der Waals surface area contributed by atoms with Crippen LogP contribution in [0.25, 0.3) is 0 Å². The third kappa shape index (κ3) is 5.68. The minimum Gasteiger partial charge on any atom is -0.369 e. The lowest BCUT2D eigenvalue weighted by Gasteiger charge is -2.35. The fraction of sp³-hybridized carbons (Fsp3) is 0.333. The van der Waals surface area contributed by atoms with Crippen molar-refractivity contribution in [3.63, 3.8) is 0 Å². The first-order chi connectivity index (χ1) is 13.0. The molecule has 1 saturated heterocycles. The van der Waals surface area contributed by atoms with Gasteiger partial charge in [-0.05, 0) is 80.4 Å². The van der Waals surface area contributed by atoms with Crippen LogP contribution < -0.4 is 15.5 Å². The van der Waals surface area contributed by atoms with Gasteiger partial charge in [-0.1, -0.05) is 23.7 Å². The maximum absolute atomic E-state index is 12.1. The van der Waals surface area contributed by atoms with Crippen molar-refractivity contribution in [2.24, 2.45) is 0 Å². The van der Waals surface area contributed by atoms with Crippen LogP contribution in [-0.4, -0.2) is 23.6 Å². The lowest BCUT2D eigenvalue weighted by Crippen LogP contribution is -2.37. The molecule has 1 atom stereocenters. The van der Waals surface area contributed by atoms with E-state index >= 15 is 0 Å². The third-order valence-corrected chi connectivity index (χ3v) is 5.25. The Hall–Kier alpha value is -2.11. The molecule has 0 radical (unpaired) electrons. The van der Waals surface area contributed by atoms with Gasteiger partial charge in [0.1, 0.15) is 0 Å². The Kier molecular flexibility index (Phi) is 6.69. The average molecular weight is 402 g/mol. The van der Waals surface area contributed by atoms with Crippen molar-refractivity contribution in [3.8, 4) is 0 Å². The largest absolute Gasteiger partial charge is 0.369 e. The normalized spacial score (nSPS) is 16.7. The SMILES string of the molecule is C[C@H]1CCCCN1c1ccc(NC(=S)NC(=O)Cc2ccc(Cl)cc2)cc1. The second kappa shape index (κ2) is 9.20. The average Bonchev–Trinajstić information content (AvgIpc) is 2.65. The van der Waals surface area contributed by atoms with Crippen molar-refractivity contribution in [1.82, 2.24) is 5.32 Å². The highest BCUT2D eigenvalue weighted by molar-refractivity contribution is 7.80. The van der Waals surface area contributed by atoms with Gasteiger partial charge in [0.05, 0.1) is 6.42 Å². The van der Waals surface area contributed by atoms with Gasteiger partial charge >= 0.3 is 0 Å². The molecule has 1 aliphatic rings. The predicted molar refractivity (Wildman–Crippen MR) is 117 cm³/mol. The number of carbonyl (C=O) groups excluding carboxylic acids is 1.